The molecule has 0 heterocycles. The van der Waals surface area contributed by atoms with Crippen molar-refractivity contribution < 1.29 is 5.11 Å². The van der Waals surface area contributed by atoms with Crippen LogP contribution in [0.4, 0.5) is 0 Å². The Labute approximate surface area is 134 Å². The van der Waals surface area contributed by atoms with Crippen LogP contribution < -0.4 is 0 Å². The van der Waals surface area contributed by atoms with Crippen molar-refractivity contribution in [3.63, 3.8) is 0 Å². The van der Waals surface area contributed by atoms with Crippen molar-refractivity contribution in [2.45, 2.75) is 78.7 Å². The van der Waals surface area contributed by atoms with E-state index in [1.165, 1.54) is 43.0 Å². The summed E-state index contributed by atoms with van der Waals surface area (Å²) in [6.45, 7) is 10.4. The van der Waals surface area contributed by atoms with E-state index in [0.29, 0.717) is 5.41 Å². The molecular weight excluding hydrogens is 347 g/mol. The molecule has 1 N–H and O–H groups in total. The smallest absolute Gasteiger partial charge is 0.0651 e. The van der Waals surface area contributed by atoms with E-state index in [0.717, 1.165) is 0 Å². The standard InChI is InChI=1S/C17H33IO/c1-6-8-11-17(14-18,12-9-7-2)13-10-15(3)16(4,5)19/h10,13,15,19H,6-9,11-12,14H2,1-5H3/b13-10+. The van der Waals surface area contributed by atoms with E-state index in [-0.39, 0.29) is 5.92 Å². The second-order valence-electron chi connectivity index (χ2n) is 6.50. The number of halogens is 1. The van der Waals surface area contributed by atoms with Gasteiger partial charge in [0.25, 0.3) is 0 Å². The predicted octanol–water partition coefficient (Wildman–Crippen LogP) is 5.75. The zero-order valence-electron chi connectivity index (χ0n) is 13.5. The average Bonchev–Trinajstić information content (AvgIpc) is 2.37. The molecule has 0 saturated heterocycles. The Morgan fingerprint density at radius 3 is 1.89 bits per heavy atom. The minimum Gasteiger partial charge on any atom is -0.390 e. The first kappa shape index (κ1) is 19.4. The van der Waals surface area contributed by atoms with Crippen LogP contribution in [0, 0.1) is 11.3 Å². The molecule has 19 heavy (non-hydrogen) atoms. The second-order valence-corrected chi connectivity index (χ2v) is 7.27. The van der Waals surface area contributed by atoms with E-state index < -0.39 is 5.60 Å². The van der Waals surface area contributed by atoms with E-state index in [1.54, 1.807) is 0 Å². The SMILES string of the molecule is CCCCC(/C=C/C(C)C(C)(C)O)(CI)CCCC. The minimum atomic E-state index is -0.622. The lowest BCUT2D eigenvalue weighted by Gasteiger charge is -2.31. The molecule has 0 saturated carbocycles. The van der Waals surface area contributed by atoms with Gasteiger partial charge in [0.05, 0.1) is 5.60 Å². The van der Waals surface area contributed by atoms with Gasteiger partial charge in [-0.1, -0.05) is 81.2 Å². The first-order chi connectivity index (χ1) is 8.81. The highest BCUT2D eigenvalue weighted by molar-refractivity contribution is 14.1. The number of aliphatic hydroxyl groups is 1. The fourth-order valence-corrected chi connectivity index (χ4v) is 3.13. The molecular formula is C17H33IO. The van der Waals surface area contributed by atoms with Gasteiger partial charge in [-0.3, -0.25) is 0 Å². The van der Waals surface area contributed by atoms with Gasteiger partial charge < -0.3 is 5.11 Å². The van der Waals surface area contributed by atoms with Crippen LogP contribution in [-0.4, -0.2) is 15.1 Å². The Balaban J connectivity index is 4.85. The van der Waals surface area contributed by atoms with E-state index in [4.69, 9.17) is 0 Å². The van der Waals surface area contributed by atoms with Crippen LogP contribution in [0.15, 0.2) is 12.2 Å². The highest BCUT2D eigenvalue weighted by atomic mass is 127. The van der Waals surface area contributed by atoms with Gasteiger partial charge in [0.15, 0.2) is 0 Å². The predicted molar refractivity (Wildman–Crippen MR) is 95.0 cm³/mol. The maximum atomic E-state index is 10.1. The topological polar surface area (TPSA) is 20.2 Å². The Kier molecular flexibility index (Phi) is 9.59. The van der Waals surface area contributed by atoms with Crippen molar-refractivity contribution in [1.29, 1.82) is 0 Å². The first-order valence-electron chi connectivity index (χ1n) is 7.79. The van der Waals surface area contributed by atoms with Crippen molar-refractivity contribution in [3.05, 3.63) is 12.2 Å². The largest absolute Gasteiger partial charge is 0.390 e. The average molecular weight is 380 g/mol. The molecule has 0 aliphatic carbocycles. The zero-order valence-corrected chi connectivity index (χ0v) is 15.7. The molecule has 1 atom stereocenters. The fraction of sp³-hybridized carbons (Fsp3) is 0.882. The highest BCUT2D eigenvalue weighted by Gasteiger charge is 2.26. The molecule has 0 fully saturated rings. The molecule has 0 aromatic carbocycles. The molecule has 0 bridgehead atoms. The van der Waals surface area contributed by atoms with Gasteiger partial charge >= 0.3 is 0 Å². The van der Waals surface area contributed by atoms with Crippen molar-refractivity contribution in [2.24, 2.45) is 11.3 Å². The third-order valence-corrected chi connectivity index (χ3v) is 5.69. The molecule has 0 rings (SSSR count). The molecule has 0 aromatic heterocycles. The van der Waals surface area contributed by atoms with Crippen LogP contribution in [0.5, 0.6) is 0 Å². The fourth-order valence-electron chi connectivity index (χ4n) is 2.11. The van der Waals surface area contributed by atoms with Crippen molar-refractivity contribution in [2.75, 3.05) is 4.43 Å². The van der Waals surface area contributed by atoms with E-state index >= 15 is 0 Å². The molecule has 0 aliphatic heterocycles. The maximum absolute atomic E-state index is 10.1. The van der Waals surface area contributed by atoms with Crippen LogP contribution >= 0.6 is 22.6 Å². The van der Waals surface area contributed by atoms with Crippen LogP contribution in [-0.2, 0) is 0 Å². The quantitative estimate of drug-likeness (QED) is 0.291. The second kappa shape index (κ2) is 9.38. The van der Waals surface area contributed by atoms with Crippen LogP contribution in [0.1, 0.15) is 73.1 Å². The van der Waals surface area contributed by atoms with Gasteiger partial charge in [-0.2, -0.15) is 0 Å². The Hall–Kier alpha value is 0.430. The maximum Gasteiger partial charge on any atom is 0.0651 e. The summed E-state index contributed by atoms with van der Waals surface area (Å²) < 4.78 is 1.18. The summed E-state index contributed by atoms with van der Waals surface area (Å²) in [5.74, 6) is 0.207. The van der Waals surface area contributed by atoms with Gasteiger partial charge in [0.1, 0.15) is 0 Å². The Morgan fingerprint density at radius 2 is 1.58 bits per heavy atom. The number of allylic oxidation sites excluding steroid dienone is 1. The molecule has 0 aliphatic rings. The van der Waals surface area contributed by atoms with Gasteiger partial charge in [-0.15, -0.1) is 0 Å². The monoisotopic (exact) mass is 380 g/mol. The normalized spacial score (nSPS) is 15.1. The molecule has 0 amide bonds. The number of hydrogen-bond acceptors (Lipinski definition) is 1. The summed E-state index contributed by atoms with van der Waals surface area (Å²) >= 11 is 2.54. The summed E-state index contributed by atoms with van der Waals surface area (Å²) in [6, 6.07) is 0. The number of unbranched alkanes of at least 4 members (excludes halogenated alkanes) is 2. The number of rotatable bonds is 10. The third-order valence-electron chi connectivity index (χ3n) is 4.18. The zero-order chi connectivity index (χ0) is 14.9. The lowest BCUT2D eigenvalue weighted by molar-refractivity contribution is 0.0437. The summed E-state index contributed by atoms with van der Waals surface area (Å²) in [4.78, 5) is 0. The Morgan fingerprint density at radius 1 is 1.11 bits per heavy atom. The highest BCUT2D eigenvalue weighted by Crippen LogP contribution is 2.36. The van der Waals surface area contributed by atoms with E-state index in [1.807, 2.05) is 13.8 Å². The summed E-state index contributed by atoms with van der Waals surface area (Å²) in [5.41, 5.74) is -0.283. The van der Waals surface area contributed by atoms with Gasteiger partial charge in [-0.05, 0) is 32.1 Å². The Bertz CT molecular complexity index is 244. The molecule has 114 valence electrons. The summed E-state index contributed by atoms with van der Waals surface area (Å²) in [5, 5.41) is 10.1. The lowest BCUT2D eigenvalue weighted by atomic mass is 9.78. The number of alkyl halides is 1. The first-order valence-corrected chi connectivity index (χ1v) is 9.31. The third kappa shape index (κ3) is 7.69. The number of hydrogen-bond donors (Lipinski definition) is 1. The van der Waals surface area contributed by atoms with Crippen LogP contribution in [0.25, 0.3) is 0 Å². The van der Waals surface area contributed by atoms with Gasteiger partial charge in [0.2, 0.25) is 0 Å². The van der Waals surface area contributed by atoms with E-state index in [2.05, 4.69) is 55.5 Å². The van der Waals surface area contributed by atoms with Crippen LogP contribution in [0.3, 0.4) is 0 Å². The minimum absolute atomic E-state index is 0.207. The van der Waals surface area contributed by atoms with Crippen molar-refractivity contribution in [1.82, 2.24) is 0 Å². The van der Waals surface area contributed by atoms with Crippen molar-refractivity contribution >= 4 is 22.6 Å². The molecule has 0 spiro atoms. The molecule has 1 nitrogen and oxygen atoms in total. The van der Waals surface area contributed by atoms with E-state index in [9.17, 15) is 5.11 Å². The summed E-state index contributed by atoms with van der Waals surface area (Å²) in [6.07, 6.45) is 12.3. The molecule has 0 radical (unpaired) electrons. The van der Waals surface area contributed by atoms with Gasteiger partial charge in [-0.25, -0.2) is 0 Å². The summed E-state index contributed by atoms with van der Waals surface area (Å²) in [7, 11) is 0. The van der Waals surface area contributed by atoms with Crippen molar-refractivity contribution in [3.8, 4) is 0 Å². The molecule has 0 aromatic rings. The van der Waals surface area contributed by atoms with Gasteiger partial charge in [0, 0.05) is 10.3 Å². The molecule has 2 heteroatoms. The van der Waals surface area contributed by atoms with Crippen LogP contribution in [0.2, 0.25) is 0 Å². The molecule has 1 unspecified atom stereocenters. The lowest BCUT2D eigenvalue weighted by Crippen LogP contribution is -2.28.